The lowest BCUT2D eigenvalue weighted by Crippen LogP contribution is -2.41. The van der Waals surface area contributed by atoms with Gasteiger partial charge in [-0.2, -0.15) is 0 Å². The molecule has 0 amide bonds. The topological polar surface area (TPSA) is 49.5 Å². The van der Waals surface area contributed by atoms with Gasteiger partial charge >= 0.3 is 0 Å². The molecule has 1 aliphatic heterocycles. The van der Waals surface area contributed by atoms with Crippen LogP contribution in [-0.2, 0) is 0 Å². The highest BCUT2D eigenvalue weighted by molar-refractivity contribution is 4.83. The summed E-state index contributed by atoms with van der Waals surface area (Å²) >= 11 is 0. The Morgan fingerprint density at radius 3 is 2.33 bits per heavy atom. The number of aliphatic hydroxyl groups excluding tert-OH is 1. The maximum absolute atomic E-state index is 9.39. The lowest BCUT2D eigenvalue weighted by molar-refractivity contribution is 0.0965. The zero-order chi connectivity index (χ0) is 9.14. The summed E-state index contributed by atoms with van der Waals surface area (Å²) in [5, 5.41) is 9.39. The molecular formula is C9H20N2O. The minimum Gasteiger partial charge on any atom is -0.390 e. The molecule has 3 nitrogen and oxygen atoms in total. The van der Waals surface area contributed by atoms with Gasteiger partial charge in [0, 0.05) is 25.2 Å². The van der Waals surface area contributed by atoms with Crippen molar-refractivity contribution in [3.8, 4) is 0 Å². The van der Waals surface area contributed by atoms with E-state index in [1.54, 1.807) is 0 Å². The van der Waals surface area contributed by atoms with Gasteiger partial charge in [-0.1, -0.05) is 0 Å². The number of rotatable bonds is 3. The minimum absolute atomic E-state index is 0.354. The van der Waals surface area contributed by atoms with Crippen LogP contribution >= 0.6 is 0 Å². The predicted octanol–water partition coefficient (Wildman–Crippen LogP) is 0.179. The molecule has 0 spiro atoms. The van der Waals surface area contributed by atoms with Crippen molar-refractivity contribution in [1.82, 2.24) is 4.90 Å². The van der Waals surface area contributed by atoms with Gasteiger partial charge in [-0.15, -0.1) is 0 Å². The fourth-order valence-corrected chi connectivity index (χ4v) is 1.93. The Balaban J connectivity index is 2.38. The van der Waals surface area contributed by atoms with Crippen molar-refractivity contribution in [2.75, 3.05) is 13.1 Å². The third-order valence-corrected chi connectivity index (χ3v) is 2.83. The number of hydrogen-bond donors (Lipinski definition) is 2. The minimum atomic E-state index is -0.354. The second-order valence-electron chi connectivity index (χ2n) is 3.86. The van der Waals surface area contributed by atoms with Crippen LogP contribution in [0.5, 0.6) is 0 Å². The van der Waals surface area contributed by atoms with Gasteiger partial charge in [-0.3, -0.25) is 4.90 Å². The molecule has 1 rings (SSSR count). The highest BCUT2D eigenvalue weighted by atomic mass is 16.3. The monoisotopic (exact) mass is 172 g/mol. The quantitative estimate of drug-likeness (QED) is 0.638. The Kier molecular flexibility index (Phi) is 3.50. The van der Waals surface area contributed by atoms with Crippen LogP contribution in [0, 0.1) is 0 Å². The molecule has 3 N–H and O–H groups in total. The van der Waals surface area contributed by atoms with Gasteiger partial charge in [-0.25, -0.2) is 0 Å². The van der Waals surface area contributed by atoms with Crippen LogP contribution < -0.4 is 5.73 Å². The molecule has 0 aliphatic carbocycles. The van der Waals surface area contributed by atoms with Gasteiger partial charge in [0.2, 0.25) is 0 Å². The first-order chi connectivity index (χ1) is 5.65. The first-order valence-corrected chi connectivity index (χ1v) is 4.79. The fourth-order valence-electron chi connectivity index (χ4n) is 1.93. The highest BCUT2D eigenvalue weighted by Crippen LogP contribution is 2.22. The average molecular weight is 172 g/mol. The second kappa shape index (κ2) is 4.21. The first kappa shape index (κ1) is 9.96. The van der Waals surface area contributed by atoms with Crippen molar-refractivity contribution in [2.45, 2.75) is 44.9 Å². The molecule has 1 fully saturated rings. The Labute approximate surface area is 74.5 Å². The summed E-state index contributed by atoms with van der Waals surface area (Å²) in [7, 11) is 0. The van der Waals surface area contributed by atoms with Crippen LogP contribution in [0.4, 0.5) is 0 Å². The molecule has 0 saturated carbocycles. The molecule has 1 saturated heterocycles. The van der Waals surface area contributed by atoms with Crippen LogP contribution in [0.1, 0.15) is 26.7 Å². The first-order valence-electron chi connectivity index (χ1n) is 4.79. The van der Waals surface area contributed by atoms with E-state index in [1.165, 1.54) is 12.8 Å². The number of likely N-dealkylation sites (tertiary alicyclic amines) is 1. The Morgan fingerprint density at radius 2 is 1.92 bits per heavy atom. The number of β-amino-alcohol motifs (C(OH)–C–C–N with tert-alkyl or cyclic N) is 1. The maximum atomic E-state index is 9.39. The summed E-state index contributed by atoms with van der Waals surface area (Å²) in [4.78, 5) is 2.34. The van der Waals surface area contributed by atoms with E-state index in [9.17, 15) is 5.11 Å². The largest absolute Gasteiger partial charge is 0.390 e. The van der Waals surface area contributed by atoms with Gasteiger partial charge in [0.25, 0.3) is 0 Å². The van der Waals surface area contributed by atoms with E-state index in [2.05, 4.69) is 18.7 Å². The molecule has 0 bridgehead atoms. The van der Waals surface area contributed by atoms with Gasteiger partial charge in [0.15, 0.2) is 0 Å². The zero-order valence-corrected chi connectivity index (χ0v) is 8.03. The Bertz CT molecular complexity index is 130. The molecular weight excluding hydrogens is 152 g/mol. The SMILES string of the molecule is CC1CCC(C)N1C[C@@H](O)CN. The zero-order valence-electron chi connectivity index (χ0n) is 8.03. The molecule has 3 heteroatoms. The van der Waals surface area contributed by atoms with Crippen molar-refractivity contribution >= 4 is 0 Å². The summed E-state index contributed by atoms with van der Waals surface area (Å²) in [6.45, 7) is 5.54. The van der Waals surface area contributed by atoms with Crippen LogP contribution in [0.2, 0.25) is 0 Å². The second-order valence-corrected chi connectivity index (χ2v) is 3.86. The molecule has 1 aliphatic rings. The summed E-state index contributed by atoms with van der Waals surface area (Å²) < 4.78 is 0. The number of nitrogens with zero attached hydrogens (tertiary/aromatic N) is 1. The molecule has 0 radical (unpaired) electrons. The molecule has 0 aromatic carbocycles. The Morgan fingerprint density at radius 1 is 1.42 bits per heavy atom. The van der Waals surface area contributed by atoms with Crippen molar-refractivity contribution in [1.29, 1.82) is 0 Å². The lowest BCUT2D eigenvalue weighted by atomic mass is 10.2. The van der Waals surface area contributed by atoms with Crippen LogP contribution in [0.25, 0.3) is 0 Å². The molecule has 12 heavy (non-hydrogen) atoms. The van der Waals surface area contributed by atoms with Gasteiger partial charge < -0.3 is 10.8 Å². The molecule has 2 unspecified atom stereocenters. The normalized spacial score (nSPS) is 34.0. The summed E-state index contributed by atoms with van der Waals surface area (Å²) in [6, 6.07) is 1.22. The van der Waals surface area contributed by atoms with Gasteiger partial charge in [0.05, 0.1) is 6.10 Å². The molecule has 0 aromatic rings. The molecule has 1 heterocycles. The summed E-state index contributed by atoms with van der Waals surface area (Å²) in [6.07, 6.45) is 2.14. The number of nitrogens with two attached hydrogens (primary N) is 1. The third-order valence-electron chi connectivity index (χ3n) is 2.83. The van der Waals surface area contributed by atoms with E-state index < -0.39 is 0 Å². The average Bonchev–Trinajstić information content (AvgIpc) is 2.35. The molecule has 0 aromatic heterocycles. The third kappa shape index (κ3) is 2.19. The van der Waals surface area contributed by atoms with E-state index in [-0.39, 0.29) is 6.10 Å². The van der Waals surface area contributed by atoms with E-state index in [0.717, 1.165) is 6.54 Å². The van der Waals surface area contributed by atoms with Crippen LogP contribution in [0.3, 0.4) is 0 Å². The van der Waals surface area contributed by atoms with Gasteiger partial charge in [0.1, 0.15) is 0 Å². The standard InChI is InChI=1S/C9H20N2O/c1-7-3-4-8(2)11(7)6-9(12)5-10/h7-9,12H,3-6,10H2,1-2H3/t7?,8?,9-/m0/s1. The van der Waals surface area contributed by atoms with E-state index in [1.807, 2.05) is 0 Å². The maximum Gasteiger partial charge on any atom is 0.0789 e. The van der Waals surface area contributed by atoms with Crippen molar-refractivity contribution in [3.05, 3.63) is 0 Å². The van der Waals surface area contributed by atoms with Crippen molar-refractivity contribution in [2.24, 2.45) is 5.73 Å². The van der Waals surface area contributed by atoms with E-state index >= 15 is 0 Å². The predicted molar refractivity (Wildman–Crippen MR) is 49.9 cm³/mol. The van der Waals surface area contributed by atoms with Crippen molar-refractivity contribution in [3.63, 3.8) is 0 Å². The number of aliphatic hydroxyl groups is 1. The smallest absolute Gasteiger partial charge is 0.0789 e. The van der Waals surface area contributed by atoms with Crippen LogP contribution in [-0.4, -0.2) is 41.3 Å². The van der Waals surface area contributed by atoms with E-state index in [0.29, 0.717) is 18.6 Å². The fraction of sp³-hybridized carbons (Fsp3) is 1.00. The lowest BCUT2D eigenvalue weighted by Gasteiger charge is -2.27. The number of hydrogen-bond acceptors (Lipinski definition) is 3. The highest BCUT2D eigenvalue weighted by Gasteiger charge is 2.28. The summed E-state index contributed by atoms with van der Waals surface area (Å²) in [5.74, 6) is 0. The van der Waals surface area contributed by atoms with Gasteiger partial charge in [-0.05, 0) is 26.7 Å². The van der Waals surface area contributed by atoms with Crippen molar-refractivity contribution < 1.29 is 5.11 Å². The van der Waals surface area contributed by atoms with Crippen LogP contribution in [0.15, 0.2) is 0 Å². The Hall–Kier alpha value is -0.120. The summed E-state index contributed by atoms with van der Waals surface area (Å²) in [5.41, 5.74) is 5.36. The molecule has 72 valence electrons. The molecule has 3 atom stereocenters. The van der Waals surface area contributed by atoms with E-state index in [4.69, 9.17) is 5.73 Å².